The fraction of sp³-hybridized carbons (Fsp3) is 0.415. The van der Waals surface area contributed by atoms with Crippen molar-refractivity contribution in [3.05, 3.63) is 87.3 Å². The standard InChI is InChI=1S/C41H40ClF8N7O5S2/c1-20-17-41(49,50)37(32(20)34(51)38(47)48)52-18-31(58)54-29(15-21-13-22(43)16-23(44)14-21)35-26(8-5-24(53-35)11-12-40(2,3)63(4,59)60)27-9-10-28(42)33-36(27)57(19-30(45)46)55-39(33)56-64(61,62)25-6-7-25/h5,8-10,13-14,16,20,25,29-30,38H,6-7,15,17-19,51H2,1-4H3,(H,54,58)(H,55,56)/b34-32-,52-37?/t20-,29-/m0/s1. The van der Waals surface area contributed by atoms with E-state index in [4.69, 9.17) is 17.3 Å². The Hall–Kier alpha value is -5.27. The maximum Gasteiger partial charge on any atom is 0.290 e. The average molecular weight is 962 g/mol. The van der Waals surface area contributed by atoms with Crippen LogP contribution in [-0.2, 0) is 37.6 Å². The van der Waals surface area contributed by atoms with Crippen LogP contribution in [0.25, 0.3) is 22.0 Å². The quantitative estimate of drug-likeness (QED) is 0.0867. The molecular weight excluding hydrogens is 922 g/mol. The van der Waals surface area contributed by atoms with Crippen LogP contribution >= 0.6 is 11.6 Å². The SMILES string of the molecule is C[C@H]1CC(F)(F)C(=NCC(=O)N[C@@H](Cc2cc(F)cc(F)c2)c2nc(C#CC(C)(C)S(C)(=O)=O)ccc2-c2ccc(Cl)c3c(NS(=O)(=O)C4CC4)nn(CC(F)F)c23)/C1=C(\N)C(F)F. The third-order valence-corrected chi connectivity index (χ3v) is 14.7. The summed E-state index contributed by atoms with van der Waals surface area (Å²) in [6.07, 6.45) is -6.18. The number of rotatable bonds is 14. The van der Waals surface area contributed by atoms with Crippen molar-refractivity contribution in [3.8, 4) is 23.0 Å². The lowest BCUT2D eigenvalue weighted by atomic mass is 9.93. The molecule has 4 N–H and O–H groups in total. The van der Waals surface area contributed by atoms with Crippen LogP contribution in [0, 0.1) is 29.4 Å². The molecule has 344 valence electrons. The zero-order valence-electron chi connectivity index (χ0n) is 34.3. The first-order valence-electron chi connectivity index (χ1n) is 19.4. The highest BCUT2D eigenvalue weighted by Crippen LogP contribution is 2.43. The molecular formula is C41H40ClF8N7O5S2. The number of alkyl halides is 6. The van der Waals surface area contributed by atoms with E-state index in [0.717, 1.165) is 23.1 Å². The molecule has 0 radical (unpaired) electrons. The highest BCUT2D eigenvalue weighted by Gasteiger charge is 2.49. The molecule has 0 aliphatic heterocycles. The van der Waals surface area contributed by atoms with E-state index in [1.54, 1.807) is 0 Å². The predicted molar refractivity (Wildman–Crippen MR) is 225 cm³/mol. The molecule has 2 aromatic heterocycles. The third kappa shape index (κ3) is 10.5. The highest BCUT2D eigenvalue weighted by molar-refractivity contribution is 7.93. The smallest absolute Gasteiger partial charge is 0.290 e. The summed E-state index contributed by atoms with van der Waals surface area (Å²) in [7, 11) is -7.83. The van der Waals surface area contributed by atoms with Crippen LogP contribution in [-0.4, -0.2) is 84.8 Å². The number of nitrogens with two attached hydrogens (primary N) is 1. The van der Waals surface area contributed by atoms with E-state index < -0.39 is 121 Å². The molecule has 6 rings (SSSR count). The Bertz CT molecular complexity index is 2850. The van der Waals surface area contributed by atoms with Crippen LogP contribution in [0.15, 0.2) is 58.7 Å². The molecule has 0 saturated heterocycles. The lowest BCUT2D eigenvalue weighted by Gasteiger charge is -2.23. The van der Waals surface area contributed by atoms with Crippen molar-refractivity contribution in [1.29, 1.82) is 0 Å². The van der Waals surface area contributed by atoms with Crippen LogP contribution in [0.5, 0.6) is 0 Å². The van der Waals surface area contributed by atoms with Crippen LogP contribution in [0.4, 0.5) is 40.9 Å². The van der Waals surface area contributed by atoms with Crippen molar-refractivity contribution in [3.63, 3.8) is 0 Å². The molecule has 1 amide bonds. The number of hydrogen-bond donors (Lipinski definition) is 3. The van der Waals surface area contributed by atoms with Gasteiger partial charge >= 0.3 is 0 Å². The van der Waals surface area contributed by atoms with Crippen molar-refractivity contribution in [2.45, 2.75) is 87.8 Å². The van der Waals surface area contributed by atoms with Gasteiger partial charge in [0.05, 0.1) is 38.6 Å². The lowest BCUT2D eigenvalue weighted by molar-refractivity contribution is -0.120. The Morgan fingerprint density at radius 1 is 1.05 bits per heavy atom. The van der Waals surface area contributed by atoms with Gasteiger partial charge in [0.2, 0.25) is 15.9 Å². The fourth-order valence-corrected chi connectivity index (χ4v) is 8.91. The third-order valence-electron chi connectivity index (χ3n) is 10.6. The van der Waals surface area contributed by atoms with Gasteiger partial charge in [-0.15, -0.1) is 0 Å². The van der Waals surface area contributed by atoms with Gasteiger partial charge in [0.25, 0.3) is 18.8 Å². The first-order valence-corrected chi connectivity index (χ1v) is 23.2. The molecule has 2 aliphatic rings. The summed E-state index contributed by atoms with van der Waals surface area (Å²) >= 11 is 6.61. The number of sulfone groups is 1. The molecule has 23 heteroatoms. The molecule has 64 heavy (non-hydrogen) atoms. The maximum absolute atomic E-state index is 15.2. The van der Waals surface area contributed by atoms with Gasteiger partial charge in [0.1, 0.15) is 40.9 Å². The first kappa shape index (κ1) is 48.2. The van der Waals surface area contributed by atoms with Gasteiger partial charge in [-0.3, -0.25) is 19.2 Å². The predicted octanol–water partition coefficient (Wildman–Crippen LogP) is 7.37. The molecule has 2 saturated carbocycles. The normalized spacial score (nSPS) is 18.7. The summed E-state index contributed by atoms with van der Waals surface area (Å²) < 4.78 is 168. The number of aromatic nitrogens is 3. The lowest BCUT2D eigenvalue weighted by Crippen LogP contribution is -2.34. The number of hydrogen-bond acceptors (Lipinski definition) is 9. The number of amides is 1. The minimum atomic E-state index is -4.04. The zero-order valence-corrected chi connectivity index (χ0v) is 36.7. The number of nitrogens with zero attached hydrogens (tertiary/aromatic N) is 4. The monoisotopic (exact) mass is 961 g/mol. The summed E-state index contributed by atoms with van der Waals surface area (Å²) in [4.78, 5) is 22.2. The Labute approximate surface area is 367 Å². The minimum absolute atomic E-state index is 0.00430. The zero-order chi connectivity index (χ0) is 47.3. The molecule has 2 heterocycles. The molecule has 12 nitrogen and oxygen atoms in total. The van der Waals surface area contributed by atoms with Gasteiger partial charge in [0, 0.05) is 35.4 Å². The van der Waals surface area contributed by atoms with Gasteiger partial charge < -0.3 is 11.1 Å². The summed E-state index contributed by atoms with van der Waals surface area (Å²) in [6.45, 7) is 1.69. The second-order valence-corrected chi connectivity index (χ2v) is 20.9. The molecule has 2 fully saturated rings. The number of carbonyl (C=O) groups is 1. The maximum atomic E-state index is 15.2. The van der Waals surface area contributed by atoms with Crippen LogP contribution in [0.2, 0.25) is 5.02 Å². The van der Waals surface area contributed by atoms with E-state index in [9.17, 15) is 48.0 Å². The molecule has 0 spiro atoms. The Kier molecular flexibility index (Phi) is 13.5. The van der Waals surface area contributed by atoms with Crippen molar-refractivity contribution < 1.29 is 56.8 Å². The topological polar surface area (TPSA) is 179 Å². The van der Waals surface area contributed by atoms with Crippen molar-refractivity contribution in [2.24, 2.45) is 16.6 Å². The molecule has 2 aliphatic carbocycles. The van der Waals surface area contributed by atoms with Crippen molar-refractivity contribution >= 4 is 59.8 Å². The number of anilines is 1. The number of sulfonamides is 1. The van der Waals surface area contributed by atoms with Crippen molar-refractivity contribution in [2.75, 3.05) is 17.5 Å². The van der Waals surface area contributed by atoms with Gasteiger partial charge in [-0.05, 0) is 80.8 Å². The van der Waals surface area contributed by atoms with Gasteiger partial charge in [-0.2, -0.15) is 13.9 Å². The van der Waals surface area contributed by atoms with Crippen LogP contribution in [0.3, 0.4) is 0 Å². The Balaban J connectivity index is 1.58. The Morgan fingerprint density at radius 2 is 1.69 bits per heavy atom. The molecule has 2 aromatic carbocycles. The van der Waals surface area contributed by atoms with Crippen LogP contribution < -0.4 is 15.8 Å². The second kappa shape index (κ2) is 18.0. The number of nitrogens with one attached hydrogen (secondary N) is 2. The highest BCUT2D eigenvalue weighted by atomic mass is 35.5. The van der Waals surface area contributed by atoms with Crippen LogP contribution in [0.1, 0.15) is 63.0 Å². The summed E-state index contributed by atoms with van der Waals surface area (Å²) in [5.41, 5.74) is 1.99. The van der Waals surface area contributed by atoms with E-state index >= 15 is 8.78 Å². The van der Waals surface area contributed by atoms with E-state index in [1.165, 1.54) is 45.0 Å². The number of benzene rings is 2. The molecule has 4 aromatic rings. The number of fused-ring (bicyclic) bond motifs is 1. The number of pyridine rings is 1. The fourth-order valence-electron chi connectivity index (χ4n) is 7.10. The Morgan fingerprint density at radius 3 is 2.28 bits per heavy atom. The summed E-state index contributed by atoms with van der Waals surface area (Å²) in [6, 6.07) is 6.19. The van der Waals surface area contributed by atoms with E-state index in [-0.39, 0.29) is 49.8 Å². The largest absolute Gasteiger partial charge is 0.397 e. The first-order chi connectivity index (χ1) is 29.7. The summed E-state index contributed by atoms with van der Waals surface area (Å²) in [5, 5.41) is 5.71. The second-order valence-electron chi connectivity index (χ2n) is 16.0. The minimum Gasteiger partial charge on any atom is -0.397 e. The molecule has 0 bridgehead atoms. The van der Waals surface area contributed by atoms with Gasteiger partial charge in [-0.25, -0.2) is 48.2 Å². The number of aliphatic imine (C=N–C) groups is 1. The number of carbonyl (C=O) groups excluding carboxylic acids is 1. The molecule has 2 atom stereocenters. The average Bonchev–Trinajstić information content (AvgIpc) is 3.94. The van der Waals surface area contributed by atoms with Gasteiger partial charge in [0.15, 0.2) is 15.7 Å². The summed E-state index contributed by atoms with van der Waals surface area (Å²) in [5.74, 6) is -3.24. The van der Waals surface area contributed by atoms with Crippen molar-refractivity contribution in [1.82, 2.24) is 20.1 Å². The van der Waals surface area contributed by atoms with Gasteiger partial charge in [-0.1, -0.05) is 30.5 Å². The molecule has 0 unspecified atom stereocenters. The number of allylic oxidation sites excluding steroid dienone is 2. The number of halogens is 9. The van der Waals surface area contributed by atoms with E-state index in [0.29, 0.717) is 18.9 Å². The van der Waals surface area contributed by atoms with E-state index in [2.05, 4.69) is 37.0 Å². The van der Waals surface area contributed by atoms with E-state index in [1.807, 2.05) is 0 Å².